The van der Waals surface area contributed by atoms with Crippen LogP contribution in [-0.2, 0) is 0 Å². The molecule has 0 saturated carbocycles. The topological polar surface area (TPSA) is 68.9 Å². The van der Waals surface area contributed by atoms with Gasteiger partial charge in [0.1, 0.15) is 5.15 Å². The van der Waals surface area contributed by atoms with E-state index in [2.05, 4.69) is 9.97 Å². The Morgan fingerprint density at radius 3 is 2.71 bits per heavy atom. The third-order valence-electron chi connectivity index (χ3n) is 2.15. The molecule has 0 aliphatic carbocycles. The molecular weight excluding hydrogens is 261 g/mol. The average Bonchev–Trinajstić information content (AvgIpc) is 2.29. The van der Waals surface area contributed by atoms with E-state index < -0.39 is 5.91 Å². The molecule has 0 aliphatic rings. The lowest BCUT2D eigenvalue weighted by Gasteiger charge is -2.06. The summed E-state index contributed by atoms with van der Waals surface area (Å²) < 4.78 is 0. The van der Waals surface area contributed by atoms with Crippen molar-refractivity contribution in [2.75, 3.05) is 0 Å². The van der Waals surface area contributed by atoms with Gasteiger partial charge < -0.3 is 5.73 Å². The summed E-state index contributed by atoms with van der Waals surface area (Å²) in [6, 6.07) is 4.69. The van der Waals surface area contributed by atoms with E-state index in [9.17, 15) is 4.79 Å². The van der Waals surface area contributed by atoms with Crippen LogP contribution in [0, 0.1) is 0 Å². The van der Waals surface area contributed by atoms with E-state index in [4.69, 9.17) is 28.9 Å². The number of nitrogens with two attached hydrogens (primary N) is 1. The molecule has 2 heterocycles. The van der Waals surface area contributed by atoms with Crippen molar-refractivity contribution in [3.8, 4) is 11.3 Å². The van der Waals surface area contributed by atoms with Crippen molar-refractivity contribution in [2.24, 2.45) is 5.73 Å². The number of carbonyl (C=O) groups is 1. The van der Waals surface area contributed by atoms with Crippen LogP contribution in [0.25, 0.3) is 11.3 Å². The van der Waals surface area contributed by atoms with Crippen LogP contribution in [0.5, 0.6) is 0 Å². The number of primary amides is 1. The Kier molecular flexibility index (Phi) is 3.26. The maximum Gasteiger partial charge on any atom is 0.250 e. The van der Waals surface area contributed by atoms with Gasteiger partial charge in [-0.3, -0.25) is 9.78 Å². The van der Waals surface area contributed by atoms with Gasteiger partial charge in [0.2, 0.25) is 0 Å². The van der Waals surface area contributed by atoms with Gasteiger partial charge in [0, 0.05) is 18.0 Å². The van der Waals surface area contributed by atoms with Crippen LogP contribution < -0.4 is 5.73 Å². The van der Waals surface area contributed by atoms with Gasteiger partial charge in [-0.1, -0.05) is 23.2 Å². The molecule has 2 aromatic heterocycles. The molecular formula is C11H7Cl2N3O. The molecule has 2 N–H and O–H groups in total. The Morgan fingerprint density at radius 1 is 1.29 bits per heavy atom. The zero-order valence-electron chi connectivity index (χ0n) is 8.52. The lowest BCUT2D eigenvalue weighted by molar-refractivity contribution is 0.100. The molecule has 0 aromatic carbocycles. The predicted octanol–water partition coefficient (Wildman–Crippen LogP) is 2.55. The fraction of sp³-hybridized carbons (Fsp3) is 0. The second-order valence-corrected chi connectivity index (χ2v) is 4.05. The number of nitrogens with zero attached hydrogens (tertiary/aromatic N) is 2. The standard InChI is InChI=1S/C11H7Cl2N3O/c12-8-4-9(13)16-5-7(8)10-6(11(14)17)2-1-3-15-10/h1-5H,(H2,14,17). The summed E-state index contributed by atoms with van der Waals surface area (Å²) in [6.07, 6.45) is 3.01. The first-order chi connectivity index (χ1) is 8.09. The summed E-state index contributed by atoms with van der Waals surface area (Å²) in [7, 11) is 0. The van der Waals surface area contributed by atoms with E-state index in [0.29, 0.717) is 21.8 Å². The Morgan fingerprint density at radius 2 is 2.06 bits per heavy atom. The van der Waals surface area contributed by atoms with Crippen molar-refractivity contribution in [3.05, 3.63) is 46.3 Å². The van der Waals surface area contributed by atoms with Crippen molar-refractivity contribution in [3.63, 3.8) is 0 Å². The van der Waals surface area contributed by atoms with Gasteiger partial charge >= 0.3 is 0 Å². The Balaban J connectivity index is 2.64. The molecule has 1 amide bonds. The van der Waals surface area contributed by atoms with Gasteiger partial charge in [-0.05, 0) is 18.2 Å². The summed E-state index contributed by atoms with van der Waals surface area (Å²) in [5.74, 6) is -0.570. The first-order valence-electron chi connectivity index (χ1n) is 4.66. The highest BCUT2D eigenvalue weighted by atomic mass is 35.5. The zero-order valence-corrected chi connectivity index (χ0v) is 10.0. The molecule has 0 bridgehead atoms. The Hall–Kier alpha value is -1.65. The van der Waals surface area contributed by atoms with E-state index in [1.165, 1.54) is 12.3 Å². The minimum Gasteiger partial charge on any atom is -0.366 e. The minimum atomic E-state index is -0.570. The van der Waals surface area contributed by atoms with Gasteiger partial charge in [-0.15, -0.1) is 0 Å². The van der Waals surface area contributed by atoms with Gasteiger partial charge in [0.05, 0.1) is 16.3 Å². The number of halogens is 2. The molecule has 6 heteroatoms. The smallest absolute Gasteiger partial charge is 0.250 e. The number of pyridine rings is 2. The molecule has 86 valence electrons. The van der Waals surface area contributed by atoms with Crippen LogP contribution >= 0.6 is 23.2 Å². The van der Waals surface area contributed by atoms with Crippen LogP contribution in [0.1, 0.15) is 10.4 Å². The normalized spacial score (nSPS) is 10.2. The third kappa shape index (κ3) is 2.38. The van der Waals surface area contributed by atoms with Crippen molar-refractivity contribution >= 4 is 29.1 Å². The number of amides is 1. The molecule has 0 aliphatic heterocycles. The van der Waals surface area contributed by atoms with E-state index in [0.717, 1.165) is 0 Å². The molecule has 2 rings (SSSR count). The lowest BCUT2D eigenvalue weighted by Crippen LogP contribution is -2.13. The monoisotopic (exact) mass is 267 g/mol. The lowest BCUT2D eigenvalue weighted by atomic mass is 10.1. The fourth-order valence-electron chi connectivity index (χ4n) is 1.40. The Bertz CT molecular complexity index is 587. The maximum absolute atomic E-state index is 11.3. The molecule has 0 saturated heterocycles. The van der Waals surface area contributed by atoms with Crippen LogP contribution in [0.2, 0.25) is 10.2 Å². The molecule has 4 nitrogen and oxygen atoms in total. The first-order valence-corrected chi connectivity index (χ1v) is 5.41. The molecule has 0 spiro atoms. The second kappa shape index (κ2) is 4.69. The van der Waals surface area contributed by atoms with Crippen LogP contribution in [0.4, 0.5) is 0 Å². The maximum atomic E-state index is 11.3. The predicted molar refractivity (Wildman–Crippen MR) is 66.0 cm³/mol. The van der Waals surface area contributed by atoms with Gasteiger partial charge in [0.15, 0.2) is 0 Å². The molecule has 0 unspecified atom stereocenters. The zero-order chi connectivity index (χ0) is 12.4. The van der Waals surface area contributed by atoms with Crippen LogP contribution in [0.3, 0.4) is 0 Å². The van der Waals surface area contributed by atoms with Gasteiger partial charge in [-0.25, -0.2) is 4.98 Å². The van der Waals surface area contributed by atoms with E-state index in [1.54, 1.807) is 18.3 Å². The highest BCUT2D eigenvalue weighted by Crippen LogP contribution is 2.29. The highest BCUT2D eigenvalue weighted by molar-refractivity contribution is 6.35. The quantitative estimate of drug-likeness (QED) is 0.851. The second-order valence-electron chi connectivity index (χ2n) is 3.25. The van der Waals surface area contributed by atoms with Crippen molar-refractivity contribution in [1.82, 2.24) is 9.97 Å². The molecule has 0 radical (unpaired) electrons. The third-order valence-corrected chi connectivity index (χ3v) is 2.67. The van der Waals surface area contributed by atoms with Crippen molar-refractivity contribution in [1.29, 1.82) is 0 Å². The number of carbonyl (C=O) groups excluding carboxylic acids is 1. The SMILES string of the molecule is NC(=O)c1cccnc1-c1cnc(Cl)cc1Cl. The first kappa shape index (κ1) is 11.8. The van der Waals surface area contributed by atoms with Crippen molar-refractivity contribution in [2.45, 2.75) is 0 Å². The van der Waals surface area contributed by atoms with Gasteiger partial charge in [-0.2, -0.15) is 0 Å². The minimum absolute atomic E-state index is 0.273. The van der Waals surface area contributed by atoms with E-state index in [-0.39, 0.29) is 5.15 Å². The number of aromatic nitrogens is 2. The highest BCUT2D eigenvalue weighted by Gasteiger charge is 2.14. The summed E-state index contributed by atoms with van der Waals surface area (Å²) in [5, 5.41) is 0.640. The van der Waals surface area contributed by atoms with E-state index in [1.807, 2.05) is 0 Å². The molecule has 2 aromatic rings. The fourth-order valence-corrected chi connectivity index (χ4v) is 1.86. The van der Waals surface area contributed by atoms with Crippen molar-refractivity contribution < 1.29 is 4.79 Å². The molecule has 17 heavy (non-hydrogen) atoms. The van der Waals surface area contributed by atoms with Crippen LogP contribution in [-0.4, -0.2) is 15.9 Å². The largest absolute Gasteiger partial charge is 0.366 e. The number of hydrogen-bond acceptors (Lipinski definition) is 3. The summed E-state index contributed by atoms with van der Waals surface area (Å²) in [5.41, 5.74) is 6.47. The van der Waals surface area contributed by atoms with E-state index >= 15 is 0 Å². The van der Waals surface area contributed by atoms with Gasteiger partial charge in [0.25, 0.3) is 5.91 Å². The molecule has 0 atom stereocenters. The molecule has 0 fully saturated rings. The summed E-state index contributed by atoms with van der Waals surface area (Å²) in [4.78, 5) is 19.3. The average molecular weight is 268 g/mol. The number of rotatable bonds is 2. The Labute approximate surface area is 107 Å². The summed E-state index contributed by atoms with van der Waals surface area (Å²) in [6.45, 7) is 0. The number of hydrogen-bond donors (Lipinski definition) is 1. The van der Waals surface area contributed by atoms with Crippen LogP contribution in [0.15, 0.2) is 30.6 Å². The summed E-state index contributed by atoms with van der Waals surface area (Å²) >= 11 is 11.7.